The number of carbonyl (C=O) groups is 1. The summed E-state index contributed by atoms with van der Waals surface area (Å²) in [5.74, 6) is 1.84. The lowest BCUT2D eigenvalue weighted by molar-refractivity contribution is -0.137. The van der Waals surface area contributed by atoms with Gasteiger partial charge in [0.25, 0.3) is 0 Å². The van der Waals surface area contributed by atoms with E-state index in [2.05, 4.69) is 0 Å². The molecule has 2 unspecified atom stereocenters. The molecule has 2 N–H and O–H groups in total. The third-order valence-corrected chi connectivity index (χ3v) is 5.09. The molecule has 0 bridgehead atoms. The first kappa shape index (κ1) is 18.9. The summed E-state index contributed by atoms with van der Waals surface area (Å²) in [4.78, 5) is 14.8. The van der Waals surface area contributed by atoms with Gasteiger partial charge in [0.05, 0.1) is 14.2 Å². The van der Waals surface area contributed by atoms with Crippen LogP contribution < -0.4 is 15.2 Å². The summed E-state index contributed by atoms with van der Waals surface area (Å²) in [6.45, 7) is 1.42. The predicted octanol–water partition coefficient (Wildman–Crippen LogP) is 2.53. The van der Waals surface area contributed by atoms with Gasteiger partial charge >= 0.3 is 0 Å². The van der Waals surface area contributed by atoms with Crippen molar-refractivity contribution in [2.75, 3.05) is 20.8 Å². The van der Waals surface area contributed by atoms with Crippen molar-refractivity contribution in [3.05, 3.63) is 23.3 Å². The summed E-state index contributed by atoms with van der Waals surface area (Å²) in [5, 5.41) is 0. The van der Waals surface area contributed by atoms with E-state index in [4.69, 9.17) is 15.2 Å². The molecule has 24 heavy (non-hydrogen) atoms. The fraction of sp³-hybridized carbons (Fsp3) is 0.611. The minimum atomic E-state index is 0. The Morgan fingerprint density at radius 3 is 2.46 bits per heavy atom. The van der Waals surface area contributed by atoms with Gasteiger partial charge in [-0.05, 0) is 48.9 Å². The summed E-state index contributed by atoms with van der Waals surface area (Å²) in [6, 6.07) is 4.21. The maximum absolute atomic E-state index is 12.8. The number of ether oxygens (including phenoxy) is 2. The van der Waals surface area contributed by atoms with Crippen molar-refractivity contribution >= 4 is 18.3 Å². The highest BCUT2D eigenvalue weighted by molar-refractivity contribution is 5.85. The van der Waals surface area contributed by atoms with Crippen LogP contribution >= 0.6 is 12.4 Å². The van der Waals surface area contributed by atoms with E-state index >= 15 is 0 Å². The molecule has 3 rings (SSSR count). The highest BCUT2D eigenvalue weighted by Gasteiger charge is 2.31. The molecule has 5 nitrogen and oxygen atoms in total. The molecule has 1 aliphatic heterocycles. The number of nitrogens with zero attached hydrogens (tertiary/aromatic N) is 1. The van der Waals surface area contributed by atoms with E-state index in [1.807, 2.05) is 17.0 Å². The van der Waals surface area contributed by atoms with Gasteiger partial charge < -0.3 is 20.1 Å². The van der Waals surface area contributed by atoms with E-state index < -0.39 is 0 Å². The number of nitrogens with two attached hydrogens (primary N) is 1. The standard InChI is InChI=1S/C18H26N2O3.ClH/c1-22-16-9-12-6-7-20(11-14(12)10-17(16)23-2)18(21)13-4-3-5-15(19)8-13;/h9-10,13,15H,3-8,11,19H2,1-2H3;1H. The molecular formula is C18H27ClN2O3. The number of hydrogen-bond donors (Lipinski definition) is 1. The molecule has 1 fully saturated rings. The molecule has 0 radical (unpaired) electrons. The summed E-state index contributed by atoms with van der Waals surface area (Å²) in [6.07, 6.45) is 4.77. The SMILES string of the molecule is COc1cc2c(cc1OC)CN(C(=O)C1CCCC(N)C1)CC2.Cl. The summed E-state index contributed by atoms with van der Waals surface area (Å²) < 4.78 is 10.7. The van der Waals surface area contributed by atoms with Crippen LogP contribution in [0.1, 0.15) is 36.8 Å². The average Bonchev–Trinajstić information content (AvgIpc) is 2.59. The first-order valence-electron chi connectivity index (χ1n) is 8.40. The van der Waals surface area contributed by atoms with Crippen LogP contribution in [0.25, 0.3) is 0 Å². The van der Waals surface area contributed by atoms with Crippen LogP contribution in [0.15, 0.2) is 12.1 Å². The molecule has 0 spiro atoms. The lowest BCUT2D eigenvalue weighted by atomic mass is 9.84. The Balaban J connectivity index is 0.00000208. The lowest BCUT2D eigenvalue weighted by Crippen LogP contribution is -2.42. The highest BCUT2D eigenvalue weighted by Crippen LogP contribution is 2.34. The molecular weight excluding hydrogens is 328 g/mol. The van der Waals surface area contributed by atoms with Gasteiger partial charge in [0.15, 0.2) is 11.5 Å². The molecule has 1 aliphatic carbocycles. The minimum absolute atomic E-state index is 0. The fourth-order valence-corrected chi connectivity index (χ4v) is 3.78. The quantitative estimate of drug-likeness (QED) is 0.905. The molecule has 1 aromatic rings. The number of benzene rings is 1. The second-order valence-corrected chi connectivity index (χ2v) is 6.61. The maximum atomic E-state index is 12.8. The van der Waals surface area contributed by atoms with Crippen molar-refractivity contribution in [1.82, 2.24) is 4.90 Å². The van der Waals surface area contributed by atoms with Crippen LogP contribution in [0.2, 0.25) is 0 Å². The minimum Gasteiger partial charge on any atom is -0.493 e. The van der Waals surface area contributed by atoms with Gasteiger partial charge in [0, 0.05) is 25.0 Å². The van der Waals surface area contributed by atoms with Gasteiger partial charge in [0.1, 0.15) is 0 Å². The van der Waals surface area contributed by atoms with E-state index in [-0.39, 0.29) is 30.3 Å². The number of amides is 1. The molecule has 2 atom stereocenters. The number of rotatable bonds is 3. The second kappa shape index (κ2) is 8.08. The van der Waals surface area contributed by atoms with Crippen molar-refractivity contribution in [2.24, 2.45) is 11.7 Å². The maximum Gasteiger partial charge on any atom is 0.226 e. The Morgan fingerprint density at radius 2 is 1.83 bits per heavy atom. The van der Waals surface area contributed by atoms with Crippen LogP contribution in [-0.4, -0.2) is 37.6 Å². The molecule has 0 saturated heterocycles. The van der Waals surface area contributed by atoms with Gasteiger partial charge in [-0.2, -0.15) is 0 Å². The predicted molar refractivity (Wildman–Crippen MR) is 95.8 cm³/mol. The van der Waals surface area contributed by atoms with Crippen molar-refractivity contribution < 1.29 is 14.3 Å². The van der Waals surface area contributed by atoms with Crippen LogP contribution in [-0.2, 0) is 17.8 Å². The average molecular weight is 355 g/mol. The third kappa shape index (κ3) is 3.78. The third-order valence-electron chi connectivity index (χ3n) is 5.09. The summed E-state index contributed by atoms with van der Waals surface area (Å²) >= 11 is 0. The Bertz CT molecular complexity index is 594. The molecule has 6 heteroatoms. The molecule has 134 valence electrons. The van der Waals surface area contributed by atoms with Crippen molar-refractivity contribution in [3.63, 3.8) is 0 Å². The van der Waals surface area contributed by atoms with Gasteiger partial charge in [-0.3, -0.25) is 4.79 Å². The van der Waals surface area contributed by atoms with Crippen LogP contribution in [0.3, 0.4) is 0 Å². The van der Waals surface area contributed by atoms with Crippen molar-refractivity contribution in [2.45, 2.75) is 44.7 Å². The first-order chi connectivity index (χ1) is 11.1. The number of carbonyl (C=O) groups excluding carboxylic acids is 1. The zero-order valence-electron chi connectivity index (χ0n) is 14.4. The zero-order valence-corrected chi connectivity index (χ0v) is 15.2. The fourth-order valence-electron chi connectivity index (χ4n) is 3.78. The first-order valence-corrected chi connectivity index (χ1v) is 8.40. The van der Waals surface area contributed by atoms with Gasteiger partial charge in [-0.1, -0.05) is 6.42 Å². The van der Waals surface area contributed by atoms with Crippen LogP contribution in [0.5, 0.6) is 11.5 Å². The van der Waals surface area contributed by atoms with Gasteiger partial charge in [-0.25, -0.2) is 0 Å². The van der Waals surface area contributed by atoms with Gasteiger partial charge in [-0.15, -0.1) is 12.4 Å². The summed E-state index contributed by atoms with van der Waals surface area (Å²) in [7, 11) is 3.29. The molecule has 1 heterocycles. The molecule has 1 amide bonds. The number of hydrogen-bond acceptors (Lipinski definition) is 4. The zero-order chi connectivity index (χ0) is 16.4. The smallest absolute Gasteiger partial charge is 0.226 e. The second-order valence-electron chi connectivity index (χ2n) is 6.61. The molecule has 1 saturated carbocycles. The van der Waals surface area contributed by atoms with Gasteiger partial charge in [0.2, 0.25) is 5.91 Å². The van der Waals surface area contributed by atoms with Crippen LogP contribution in [0.4, 0.5) is 0 Å². The van der Waals surface area contributed by atoms with E-state index in [9.17, 15) is 4.79 Å². The topological polar surface area (TPSA) is 64.8 Å². The Kier molecular flexibility index (Phi) is 6.35. The van der Waals surface area contributed by atoms with E-state index in [0.29, 0.717) is 6.54 Å². The Morgan fingerprint density at radius 1 is 1.17 bits per heavy atom. The normalized spacial score (nSPS) is 23.0. The molecule has 1 aromatic carbocycles. The Labute approximate surface area is 149 Å². The molecule has 0 aromatic heterocycles. The molecule has 2 aliphatic rings. The van der Waals surface area contributed by atoms with E-state index in [1.54, 1.807) is 14.2 Å². The summed E-state index contributed by atoms with van der Waals surface area (Å²) in [5.41, 5.74) is 8.44. The van der Waals surface area contributed by atoms with Crippen LogP contribution in [0, 0.1) is 5.92 Å². The number of methoxy groups -OCH3 is 2. The monoisotopic (exact) mass is 354 g/mol. The number of halogens is 1. The van der Waals surface area contributed by atoms with Crippen molar-refractivity contribution in [3.8, 4) is 11.5 Å². The number of fused-ring (bicyclic) bond motifs is 1. The Hall–Kier alpha value is -1.46. The highest BCUT2D eigenvalue weighted by atomic mass is 35.5. The van der Waals surface area contributed by atoms with E-state index in [0.717, 1.165) is 55.7 Å². The lowest BCUT2D eigenvalue weighted by Gasteiger charge is -2.34. The van der Waals surface area contributed by atoms with Crippen molar-refractivity contribution in [1.29, 1.82) is 0 Å². The largest absolute Gasteiger partial charge is 0.493 e. The van der Waals surface area contributed by atoms with E-state index in [1.165, 1.54) is 5.56 Å².